The van der Waals surface area contributed by atoms with E-state index in [1.54, 1.807) is 19.1 Å². The third-order valence-corrected chi connectivity index (χ3v) is 2.43. The molecule has 18 heavy (non-hydrogen) atoms. The van der Waals surface area contributed by atoms with Crippen LogP contribution < -0.4 is 5.32 Å². The standard InChI is InChI=1S/C12H18N2O4/c1-9(5-6-15)13-11(16)8-14(2)12(17)10-4-3-7-18-10/h3-4,7,9,15H,5-6,8H2,1-2H3,(H,13,16). The molecule has 0 saturated heterocycles. The molecule has 6 heteroatoms. The second kappa shape index (κ2) is 6.80. The predicted molar refractivity (Wildman–Crippen MR) is 65.0 cm³/mol. The first kappa shape index (κ1) is 14.2. The second-order valence-electron chi connectivity index (χ2n) is 4.12. The summed E-state index contributed by atoms with van der Waals surface area (Å²) in [5.41, 5.74) is 0. The van der Waals surface area contributed by atoms with Gasteiger partial charge in [-0.1, -0.05) is 0 Å². The lowest BCUT2D eigenvalue weighted by Crippen LogP contribution is -2.42. The fraction of sp³-hybridized carbons (Fsp3) is 0.500. The molecule has 0 aromatic carbocycles. The van der Waals surface area contributed by atoms with Crippen molar-refractivity contribution in [3.8, 4) is 0 Å². The summed E-state index contributed by atoms with van der Waals surface area (Å²) in [6, 6.07) is 3.05. The van der Waals surface area contributed by atoms with Crippen LogP contribution in [0.3, 0.4) is 0 Å². The van der Waals surface area contributed by atoms with Crippen molar-refractivity contribution in [2.45, 2.75) is 19.4 Å². The lowest BCUT2D eigenvalue weighted by molar-refractivity contribution is -0.122. The number of hydrogen-bond acceptors (Lipinski definition) is 4. The van der Waals surface area contributed by atoms with Gasteiger partial charge >= 0.3 is 0 Å². The molecular weight excluding hydrogens is 236 g/mol. The zero-order chi connectivity index (χ0) is 13.5. The molecule has 1 rings (SSSR count). The molecule has 1 aromatic heterocycles. The predicted octanol–water partition coefficient (Wildman–Crippen LogP) is 0.239. The number of nitrogens with zero attached hydrogens (tertiary/aromatic N) is 1. The lowest BCUT2D eigenvalue weighted by atomic mass is 10.2. The number of nitrogens with one attached hydrogen (secondary N) is 1. The maximum Gasteiger partial charge on any atom is 0.289 e. The van der Waals surface area contributed by atoms with Crippen molar-refractivity contribution >= 4 is 11.8 Å². The van der Waals surface area contributed by atoms with Crippen LogP contribution in [0.25, 0.3) is 0 Å². The van der Waals surface area contributed by atoms with Crippen LogP contribution in [0.15, 0.2) is 22.8 Å². The number of furan rings is 1. The first-order valence-corrected chi connectivity index (χ1v) is 5.73. The van der Waals surface area contributed by atoms with Gasteiger partial charge in [-0.25, -0.2) is 0 Å². The first-order chi connectivity index (χ1) is 8.54. The van der Waals surface area contributed by atoms with Gasteiger partial charge in [0.15, 0.2) is 5.76 Å². The summed E-state index contributed by atoms with van der Waals surface area (Å²) in [5.74, 6) is -0.406. The molecule has 2 N–H and O–H groups in total. The molecular formula is C12H18N2O4. The largest absolute Gasteiger partial charge is 0.459 e. The number of aliphatic hydroxyl groups excluding tert-OH is 1. The quantitative estimate of drug-likeness (QED) is 0.761. The van der Waals surface area contributed by atoms with Crippen LogP contribution in [0.1, 0.15) is 23.9 Å². The molecule has 0 aliphatic carbocycles. The maximum atomic E-state index is 11.8. The summed E-state index contributed by atoms with van der Waals surface area (Å²) < 4.78 is 4.96. The van der Waals surface area contributed by atoms with Crippen molar-refractivity contribution < 1.29 is 19.1 Å². The van der Waals surface area contributed by atoms with Crippen LogP contribution in [-0.2, 0) is 4.79 Å². The molecule has 0 saturated carbocycles. The van der Waals surface area contributed by atoms with E-state index in [0.29, 0.717) is 6.42 Å². The highest BCUT2D eigenvalue weighted by Gasteiger charge is 2.17. The molecule has 0 fully saturated rings. The molecule has 0 spiro atoms. The van der Waals surface area contributed by atoms with Crippen molar-refractivity contribution in [1.82, 2.24) is 10.2 Å². The van der Waals surface area contributed by atoms with Gasteiger partial charge in [0.1, 0.15) is 0 Å². The highest BCUT2D eigenvalue weighted by Crippen LogP contribution is 2.03. The summed E-state index contributed by atoms with van der Waals surface area (Å²) in [6.07, 6.45) is 1.89. The van der Waals surface area contributed by atoms with E-state index in [2.05, 4.69) is 5.32 Å². The van der Waals surface area contributed by atoms with Gasteiger partial charge in [0.2, 0.25) is 5.91 Å². The highest BCUT2D eigenvalue weighted by molar-refractivity contribution is 5.94. The van der Waals surface area contributed by atoms with E-state index < -0.39 is 0 Å². The Morgan fingerprint density at radius 3 is 2.83 bits per heavy atom. The summed E-state index contributed by atoms with van der Waals surface area (Å²) in [4.78, 5) is 24.6. The van der Waals surface area contributed by atoms with Crippen LogP contribution in [0.4, 0.5) is 0 Å². The van der Waals surface area contributed by atoms with Crippen molar-refractivity contribution in [3.63, 3.8) is 0 Å². The average molecular weight is 254 g/mol. The minimum absolute atomic E-state index is 0.0165. The van der Waals surface area contributed by atoms with Gasteiger partial charge in [-0.3, -0.25) is 9.59 Å². The molecule has 1 atom stereocenters. The Bertz CT molecular complexity index is 389. The summed E-state index contributed by atoms with van der Waals surface area (Å²) >= 11 is 0. The summed E-state index contributed by atoms with van der Waals surface area (Å²) in [7, 11) is 1.53. The van der Waals surface area contributed by atoms with Gasteiger partial charge < -0.3 is 19.7 Å². The van der Waals surface area contributed by atoms with Crippen LogP contribution >= 0.6 is 0 Å². The van der Waals surface area contributed by atoms with Crippen molar-refractivity contribution in [1.29, 1.82) is 0 Å². The van der Waals surface area contributed by atoms with Gasteiger partial charge in [-0.05, 0) is 25.5 Å². The number of hydrogen-bond donors (Lipinski definition) is 2. The van der Waals surface area contributed by atoms with Gasteiger partial charge in [0, 0.05) is 19.7 Å². The van der Waals surface area contributed by atoms with Crippen LogP contribution in [-0.4, -0.2) is 48.1 Å². The van der Waals surface area contributed by atoms with E-state index >= 15 is 0 Å². The molecule has 0 radical (unpaired) electrons. The lowest BCUT2D eigenvalue weighted by Gasteiger charge is -2.17. The molecule has 1 aromatic rings. The third-order valence-electron chi connectivity index (χ3n) is 2.43. The van der Waals surface area contributed by atoms with Crippen molar-refractivity contribution in [3.05, 3.63) is 24.2 Å². The number of rotatable bonds is 6. The Labute approximate surface area is 106 Å². The van der Waals surface area contributed by atoms with E-state index in [-0.39, 0.29) is 36.8 Å². The molecule has 0 bridgehead atoms. The fourth-order valence-corrected chi connectivity index (χ4v) is 1.46. The summed E-state index contributed by atoms with van der Waals surface area (Å²) in [5, 5.41) is 11.4. The van der Waals surface area contributed by atoms with E-state index in [1.807, 2.05) is 0 Å². The summed E-state index contributed by atoms with van der Waals surface area (Å²) in [6.45, 7) is 1.76. The minimum atomic E-state index is -0.343. The molecule has 1 unspecified atom stereocenters. The monoisotopic (exact) mass is 254 g/mol. The van der Waals surface area contributed by atoms with Gasteiger partial charge in [0.05, 0.1) is 12.8 Å². The van der Waals surface area contributed by atoms with Gasteiger partial charge in [-0.2, -0.15) is 0 Å². The van der Waals surface area contributed by atoms with Crippen molar-refractivity contribution in [2.75, 3.05) is 20.2 Å². The number of likely N-dealkylation sites (N-methyl/N-ethyl adjacent to an activating group) is 1. The minimum Gasteiger partial charge on any atom is -0.459 e. The first-order valence-electron chi connectivity index (χ1n) is 5.73. The Hall–Kier alpha value is -1.82. The van der Waals surface area contributed by atoms with E-state index in [1.165, 1.54) is 18.2 Å². The maximum absolute atomic E-state index is 11.8. The Morgan fingerprint density at radius 1 is 1.56 bits per heavy atom. The van der Waals surface area contributed by atoms with Crippen molar-refractivity contribution in [2.24, 2.45) is 0 Å². The highest BCUT2D eigenvalue weighted by atomic mass is 16.3. The average Bonchev–Trinajstić information content (AvgIpc) is 2.81. The smallest absolute Gasteiger partial charge is 0.289 e. The number of amides is 2. The zero-order valence-corrected chi connectivity index (χ0v) is 10.5. The molecule has 100 valence electrons. The normalized spacial score (nSPS) is 11.9. The Morgan fingerprint density at radius 2 is 2.28 bits per heavy atom. The van der Waals surface area contributed by atoms with Crippen LogP contribution in [0.5, 0.6) is 0 Å². The Kier molecular flexibility index (Phi) is 5.38. The van der Waals surface area contributed by atoms with E-state index in [9.17, 15) is 9.59 Å². The van der Waals surface area contributed by atoms with Crippen LogP contribution in [0.2, 0.25) is 0 Å². The molecule has 0 aliphatic heterocycles. The SMILES string of the molecule is CC(CCO)NC(=O)CN(C)C(=O)c1ccco1. The van der Waals surface area contributed by atoms with Gasteiger partial charge in [-0.15, -0.1) is 0 Å². The third kappa shape index (κ3) is 4.21. The molecule has 6 nitrogen and oxygen atoms in total. The number of carbonyl (C=O) groups is 2. The van der Waals surface area contributed by atoms with E-state index in [0.717, 1.165) is 0 Å². The zero-order valence-electron chi connectivity index (χ0n) is 10.5. The second-order valence-corrected chi connectivity index (χ2v) is 4.12. The van der Waals surface area contributed by atoms with E-state index in [4.69, 9.17) is 9.52 Å². The molecule has 1 heterocycles. The molecule has 2 amide bonds. The van der Waals surface area contributed by atoms with Gasteiger partial charge in [0.25, 0.3) is 5.91 Å². The van der Waals surface area contributed by atoms with Crippen LogP contribution in [0, 0.1) is 0 Å². The molecule has 0 aliphatic rings. The number of aliphatic hydroxyl groups is 1. The topological polar surface area (TPSA) is 82.8 Å². The fourth-order valence-electron chi connectivity index (χ4n) is 1.46. The number of carbonyl (C=O) groups excluding carboxylic acids is 2. The Balaban J connectivity index is 2.42.